The summed E-state index contributed by atoms with van der Waals surface area (Å²) in [6, 6.07) is 23.1. The first-order valence-electron chi connectivity index (χ1n) is 10.4. The molecular weight excluding hydrogens is 425 g/mol. The van der Waals surface area contributed by atoms with Crippen molar-refractivity contribution < 1.29 is 9.18 Å². The quantitative estimate of drug-likeness (QED) is 0.365. The van der Waals surface area contributed by atoms with E-state index in [0.717, 1.165) is 28.1 Å². The molecule has 160 valence electrons. The SMILES string of the molecule is Cc1ccc(NC(=O)N2Cc3ccccc3-n3cccc3C2c2ccc(F)cc2)cc1Cl. The molecule has 1 atom stereocenters. The Hall–Kier alpha value is -3.57. The molecule has 1 aliphatic rings. The minimum atomic E-state index is -0.404. The number of rotatable bonds is 2. The molecule has 1 aliphatic heterocycles. The Balaban J connectivity index is 1.61. The smallest absolute Gasteiger partial charge is 0.318 e. The van der Waals surface area contributed by atoms with Gasteiger partial charge in [-0.15, -0.1) is 0 Å². The highest BCUT2D eigenvalue weighted by molar-refractivity contribution is 6.31. The van der Waals surface area contributed by atoms with E-state index in [0.29, 0.717) is 17.3 Å². The number of aromatic nitrogens is 1. The zero-order valence-electron chi connectivity index (χ0n) is 17.4. The third kappa shape index (κ3) is 3.65. The van der Waals surface area contributed by atoms with E-state index in [4.69, 9.17) is 11.6 Å². The number of carbonyl (C=O) groups excluding carboxylic acids is 1. The van der Waals surface area contributed by atoms with Crippen LogP contribution in [0.15, 0.2) is 85.1 Å². The van der Waals surface area contributed by atoms with Gasteiger partial charge < -0.3 is 14.8 Å². The molecule has 6 heteroatoms. The number of hydrogen-bond donors (Lipinski definition) is 1. The van der Waals surface area contributed by atoms with Crippen molar-refractivity contribution in [2.45, 2.75) is 19.5 Å². The Morgan fingerprint density at radius 3 is 2.59 bits per heavy atom. The van der Waals surface area contributed by atoms with Crippen LogP contribution in [0.3, 0.4) is 0 Å². The summed E-state index contributed by atoms with van der Waals surface area (Å²) in [6.07, 6.45) is 1.99. The molecule has 0 saturated carbocycles. The minimum Gasteiger partial charge on any atom is -0.318 e. The van der Waals surface area contributed by atoms with Crippen LogP contribution in [-0.2, 0) is 6.54 Å². The summed E-state index contributed by atoms with van der Waals surface area (Å²) in [5.74, 6) is -0.314. The number of urea groups is 1. The van der Waals surface area contributed by atoms with Gasteiger partial charge in [-0.05, 0) is 66.1 Å². The van der Waals surface area contributed by atoms with Crippen molar-refractivity contribution in [1.82, 2.24) is 9.47 Å². The lowest BCUT2D eigenvalue weighted by molar-refractivity contribution is 0.194. The van der Waals surface area contributed by atoms with E-state index in [1.165, 1.54) is 12.1 Å². The van der Waals surface area contributed by atoms with Gasteiger partial charge >= 0.3 is 6.03 Å². The van der Waals surface area contributed by atoms with E-state index in [9.17, 15) is 9.18 Å². The zero-order valence-corrected chi connectivity index (χ0v) is 18.2. The Morgan fingerprint density at radius 2 is 1.81 bits per heavy atom. The van der Waals surface area contributed by atoms with Gasteiger partial charge in [-0.25, -0.2) is 9.18 Å². The fourth-order valence-corrected chi connectivity index (χ4v) is 4.38. The van der Waals surface area contributed by atoms with Gasteiger partial charge in [-0.3, -0.25) is 0 Å². The molecule has 32 heavy (non-hydrogen) atoms. The van der Waals surface area contributed by atoms with E-state index < -0.39 is 6.04 Å². The Bertz CT molecular complexity index is 1300. The van der Waals surface area contributed by atoms with Crippen molar-refractivity contribution in [3.8, 4) is 5.69 Å². The van der Waals surface area contributed by atoms with Gasteiger partial charge in [0.15, 0.2) is 0 Å². The Kier molecular flexibility index (Phi) is 5.19. The van der Waals surface area contributed by atoms with E-state index in [1.54, 1.807) is 23.1 Å². The number of para-hydroxylation sites is 1. The second kappa shape index (κ2) is 8.17. The number of fused-ring (bicyclic) bond motifs is 3. The maximum absolute atomic E-state index is 13.7. The number of anilines is 1. The third-order valence-electron chi connectivity index (χ3n) is 5.83. The number of benzene rings is 3. The van der Waals surface area contributed by atoms with E-state index in [1.807, 2.05) is 61.7 Å². The summed E-state index contributed by atoms with van der Waals surface area (Å²) >= 11 is 6.26. The minimum absolute atomic E-state index is 0.260. The van der Waals surface area contributed by atoms with Crippen molar-refractivity contribution in [3.63, 3.8) is 0 Å². The van der Waals surface area contributed by atoms with Crippen molar-refractivity contribution >= 4 is 23.3 Å². The fourth-order valence-electron chi connectivity index (χ4n) is 4.20. The highest BCUT2D eigenvalue weighted by atomic mass is 35.5. The normalized spacial score (nSPS) is 15.0. The highest BCUT2D eigenvalue weighted by Gasteiger charge is 2.33. The van der Waals surface area contributed by atoms with Crippen molar-refractivity contribution in [2.75, 3.05) is 5.32 Å². The molecule has 0 saturated heterocycles. The molecule has 1 N–H and O–H groups in total. The molecule has 2 heterocycles. The second-order valence-electron chi connectivity index (χ2n) is 7.91. The van der Waals surface area contributed by atoms with Crippen LogP contribution in [0.5, 0.6) is 0 Å². The van der Waals surface area contributed by atoms with Gasteiger partial charge in [0.05, 0.1) is 18.3 Å². The molecule has 0 bridgehead atoms. The molecule has 0 aliphatic carbocycles. The number of carbonyl (C=O) groups is 1. The van der Waals surface area contributed by atoms with Gasteiger partial charge in [-0.1, -0.05) is 48.0 Å². The lowest BCUT2D eigenvalue weighted by atomic mass is 10.0. The van der Waals surface area contributed by atoms with Crippen LogP contribution in [0.25, 0.3) is 5.69 Å². The van der Waals surface area contributed by atoms with Gasteiger partial charge in [-0.2, -0.15) is 0 Å². The lowest BCUT2D eigenvalue weighted by Gasteiger charge is -2.31. The van der Waals surface area contributed by atoms with Crippen molar-refractivity contribution in [2.24, 2.45) is 0 Å². The summed E-state index contributed by atoms with van der Waals surface area (Å²) in [5.41, 5.74) is 5.36. The average molecular weight is 446 g/mol. The fraction of sp³-hybridized carbons (Fsp3) is 0.115. The van der Waals surface area contributed by atoms with Crippen LogP contribution < -0.4 is 5.32 Å². The predicted molar refractivity (Wildman–Crippen MR) is 125 cm³/mol. The van der Waals surface area contributed by atoms with E-state index in [2.05, 4.69) is 9.88 Å². The topological polar surface area (TPSA) is 37.3 Å². The summed E-state index contributed by atoms with van der Waals surface area (Å²) in [7, 11) is 0. The molecule has 2 amide bonds. The number of amides is 2. The number of hydrogen-bond acceptors (Lipinski definition) is 1. The molecule has 5 rings (SSSR count). The van der Waals surface area contributed by atoms with Crippen LogP contribution in [0.4, 0.5) is 14.9 Å². The second-order valence-corrected chi connectivity index (χ2v) is 8.32. The number of nitrogens with one attached hydrogen (secondary N) is 1. The lowest BCUT2D eigenvalue weighted by Crippen LogP contribution is -2.37. The van der Waals surface area contributed by atoms with Gasteiger partial charge in [0.25, 0.3) is 0 Å². The monoisotopic (exact) mass is 445 g/mol. The van der Waals surface area contributed by atoms with Crippen molar-refractivity contribution in [1.29, 1.82) is 0 Å². The summed E-state index contributed by atoms with van der Waals surface area (Å²) in [5, 5.41) is 3.58. The average Bonchev–Trinajstić information content (AvgIpc) is 3.21. The summed E-state index contributed by atoms with van der Waals surface area (Å²) < 4.78 is 15.8. The van der Waals surface area contributed by atoms with Gasteiger partial charge in [0, 0.05) is 22.6 Å². The molecular formula is C26H21ClFN3O. The largest absolute Gasteiger partial charge is 0.322 e. The van der Waals surface area contributed by atoms with E-state index >= 15 is 0 Å². The number of aryl methyl sites for hydroxylation is 1. The van der Waals surface area contributed by atoms with Crippen LogP contribution in [-0.4, -0.2) is 15.5 Å². The third-order valence-corrected chi connectivity index (χ3v) is 6.24. The summed E-state index contributed by atoms with van der Waals surface area (Å²) in [6.45, 7) is 2.31. The summed E-state index contributed by atoms with van der Waals surface area (Å²) in [4.78, 5) is 15.4. The van der Waals surface area contributed by atoms with Crippen molar-refractivity contribution in [3.05, 3.63) is 118 Å². The van der Waals surface area contributed by atoms with Crippen LogP contribution in [0.2, 0.25) is 5.02 Å². The molecule has 4 aromatic rings. The molecule has 3 aromatic carbocycles. The zero-order chi connectivity index (χ0) is 22.2. The first-order valence-corrected chi connectivity index (χ1v) is 10.7. The maximum atomic E-state index is 13.7. The highest BCUT2D eigenvalue weighted by Crippen LogP contribution is 2.37. The molecule has 1 unspecified atom stereocenters. The maximum Gasteiger partial charge on any atom is 0.322 e. The van der Waals surface area contributed by atoms with Crippen LogP contribution >= 0.6 is 11.6 Å². The van der Waals surface area contributed by atoms with Gasteiger partial charge in [0.1, 0.15) is 5.82 Å². The molecule has 0 radical (unpaired) electrons. The van der Waals surface area contributed by atoms with Crippen LogP contribution in [0, 0.1) is 12.7 Å². The molecule has 0 fully saturated rings. The predicted octanol–water partition coefficient (Wildman–Crippen LogP) is 6.72. The standard InChI is InChI=1S/C26H21ClFN3O/c1-17-8-13-21(15-22(17)27)29-26(32)31-16-19-5-2-3-6-23(19)30-14-4-7-24(30)25(31)18-9-11-20(28)12-10-18/h2-15,25H,16H2,1H3,(H,29,32). The van der Waals surface area contributed by atoms with E-state index in [-0.39, 0.29) is 11.8 Å². The van der Waals surface area contributed by atoms with Crippen LogP contribution in [0.1, 0.15) is 28.4 Å². The number of halogens is 2. The Morgan fingerprint density at radius 1 is 1.03 bits per heavy atom. The number of nitrogens with zero attached hydrogens (tertiary/aromatic N) is 2. The molecule has 4 nitrogen and oxygen atoms in total. The first kappa shape index (κ1) is 20.3. The Labute approximate surface area is 190 Å². The van der Waals surface area contributed by atoms with Gasteiger partial charge in [0.2, 0.25) is 0 Å². The molecule has 0 spiro atoms. The first-order chi connectivity index (χ1) is 15.5. The molecule has 1 aromatic heterocycles.